The van der Waals surface area contributed by atoms with Crippen molar-refractivity contribution in [3.8, 4) is 0 Å². The lowest BCUT2D eigenvalue weighted by Gasteiger charge is -2.28. The van der Waals surface area contributed by atoms with Crippen molar-refractivity contribution in [3.05, 3.63) is 29.6 Å². The van der Waals surface area contributed by atoms with Gasteiger partial charge in [0.1, 0.15) is 0 Å². The van der Waals surface area contributed by atoms with Gasteiger partial charge in [-0.25, -0.2) is 0 Å². The van der Waals surface area contributed by atoms with Crippen LogP contribution in [0.4, 0.5) is 0 Å². The summed E-state index contributed by atoms with van der Waals surface area (Å²) in [6, 6.07) is 5.97. The molecule has 0 radical (unpaired) electrons. The number of piperidine rings is 1. The first-order valence-corrected chi connectivity index (χ1v) is 7.12. The summed E-state index contributed by atoms with van der Waals surface area (Å²) in [6.07, 6.45) is 2.10. The summed E-state index contributed by atoms with van der Waals surface area (Å²) in [4.78, 5) is 18.9. The van der Waals surface area contributed by atoms with E-state index >= 15 is 0 Å². The maximum absolute atomic E-state index is 12.5. The molecule has 4 nitrogen and oxygen atoms in total. The largest absolute Gasteiger partial charge is 0.337 e. The second-order valence-corrected chi connectivity index (χ2v) is 5.17. The first kappa shape index (κ1) is 14.0. The monoisotopic (exact) mass is 261 g/mol. The Bertz CT molecular complexity index is 427. The van der Waals surface area contributed by atoms with Gasteiger partial charge in [0, 0.05) is 18.8 Å². The minimum atomic E-state index is 0.138. The smallest absolute Gasteiger partial charge is 0.227 e. The van der Waals surface area contributed by atoms with Crippen LogP contribution < -0.4 is 5.32 Å². The van der Waals surface area contributed by atoms with Crippen molar-refractivity contribution < 1.29 is 4.79 Å². The lowest BCUT2D eigenvalue weighted by atomic mass is 9.98. The molecule has 1 fully saturated rings. The van der Waals surface area contributed by atoms with Crippen molar-refractivity contribution in [2.75, 3.05) is 19.6 Å². The third-order valence-electron chi connectivity index (χ3n) is 3.64. The van der Waals surface area contributed by atoms with Gasteiger partial charge in [-0.15, -0.1) is 0 Å². The summed E-state index contributed by atoms with van der Waals surface area (Å²) >= 11 is 0. The van der Waals surface area contributed by atoms with Gasteiger partial charge in [0.2, 0.25) is 5.91 Å². The minimum Gasteiger partial charge on any atom is -0.337 e. The van der Waals surface area contributed by atoms with Gasteiger partial charge >= 0.3 is 0 Å². The summed E-state index contributed by atoms with van der Waals surface area (Å²) in [5.41, 5.74) is 1.97. The van der Waals surface area contributed by atoms with Crippen LogP contribution in [0.25, 0.3) is 0 Å². The molecule has 19 heavy (non-hydrogen) atoms. The van der Waals surface area contributed by atoms with Crippen molar-refractivity contribution in [2.24, 2.45) is 5.92 Å². The van der Waals surface area contributed by atoms with Gasteiger partial charge in [-0.1, -0.05) is 6.07 Å². The van der Waals surface area contributed by atoms with E-state index in [2.05, 4.69) is 10.3 Å². The van der Waals surface area contributed by atoms with E-state index in [0.29, 0.717) is 6.54 Å². The number of aryl methyl sites for hydroxylation is 1. The SMILES string of the molecule is CCN(Cc1cccc(C)n1)C(=O)C1CCCNC1. The van der Waals surface area contributed by atoms with Gasteiger partial charge in [-0.05, 0) is 45.4 Å². The van der Waals surface area contributed by atoms with Crippen LogP contribution in [0.2, 0.25) is 0 Å². The zero-order valence-corrected chi connectivity index (χ0v) is 11.9. The molecule has 2 rings (SSSR count). The lowest BCUT2D eigenvalue weighted by Crippen LogP contribution is -2.42. The Morgan fingerprint density at radius 1 is 1.53 bits per heavy atom. The number of nitrogens with zero attached hydrogens (tertiary/aromatic N) is 2. The van der Waals surface area contributed by atoms with Crippen LogP contribution in [0.5, 0.6) is 0 Å². The number of carbonyl (C=O) groups is 1. The molecule has 104 valence electrons. The van der Waals surface area contributed by atoms with Crippen molar-refractivity contribution in [1.29, 1.82) is 0 Å². The van der Waals surface area contributed by atoms with Gasteiger partial charge in [0.05, 0.1) is 18.2 Å². The number of aromatic nitrogens is 1. The fourth-order valence-electron chi connectivity index (χ4n) is 2.55. The topological polar surface area (TPSA) is 45.2 Å². The van der Waals surface area contributed by atoms with Crippen LogP contribution in [0.3, 0.4) is 0 Å². The van der Waals surface area contributed by atoms with Crippen LogP contribution >= 0.6 is 0 Å². The number of hydrogen-bond donors (Lipinski definition) is 1. The Balaban J connectivity index is 2.00. The molecular weight excluding hydrogens is 238 g/mol. The number of amides is 1. The standard InChI is InChI=1S/C15H23N3O/c1-3-18(11-14-8-4-6-12(2)17-14)15(19)13-7-5-9-16-10-13/h4,6,8,13,16H,3,5,7,9-11H2,1-2H3. The van der Waals surface area contributed by atoms with Crippen molar-refractivity contribution in [2.45, 2.75) is 33.2 Å². The summed E-state index contributed by atoms with van der Waals surface area (Å²) in [5, 5.41) is 3.30. The van der Waals surface area contributed by atoms with Gasteiger partial charge < -0.3 is 10.2 Å². The molecule has 4 heteroatoms. The van der Waals surface area contributed by atoms with Crippen LogP contribution in [-0.4, -0.2) is 35.4 Å². The highest BCUT2D eigenvalue weighted by molar-refractivity contribution is 5.79. The number of carbonyl (C=O) groups excluding carboxylic acids is 1. The third-order valence-corrected chi connectivity index (χ3v) is 3.64. The first-order chi connectivity index (χ1) is 9.20. The number of hydrogen-bond acceptors (Lipinski definition) is 3. The Hall–Kier alpha value is -1.42. The minimum absolute atomic E-state index is 0.138. The number of pyridine rings is 1. The molecule has 1 N–H and O–H groups in total. The Labute approximate surface area is 115 Å². The van der Waals surface area contributed by atoms with E-state index in [9.17, 15) is 4.79 Å². The zero-order valence-electron chi connectivity index (χ0n) is 11.9. The molecular formula is C15H23N3O. The fraction of sp³-hybridized carbons (Fsp3) is 0.600. The summed E-state index contributed by atoms with van der Waals surface area (Å²) in [6.45, 7) is 7.22. The van der Waals surface area contributed by atoms with E-state index in [1.165, 1.54) is 0 Å². The molecule has 0 aromatic carbocycles. The molecule has 1 amide bonds. The van der Waals surface area contributed by atoms with Crippen molar-refractivity contribution in [1.82, 2.24) is 15.2 Å². The normalized spacial score (nSPS) is 19.2. The average Bonchev–Trinajstić information content (AvgIpc) is 2.45. The first-order valence-electron chi connectivity index (χ1n) is 7.12. The van der Waals surface area contributed by atoms with Crippen LogP contribution in [0.1, 0.15) is 31.2 Å². The van der Waals surface area contributed by atoms with Gasteiger partial charge in [0.25, 0.3) is 0 Å². The summed E-state index contributed by atoms with van der Waals surface area (Å²) in [5.74, 6) is 0.400. The predicted octanol–water partition coefficient (Wildman–Crippen LogP) is 1.74. The molecule has 0 spiro atoms. The van der Waals surface area contributed by atoms with Gasteiger partial charge in [-0.2, -0.15) is 0 Å². The average molecular weight is 261 g/mol. The van der Waals surface area contributed by atoms with E-state index in [0.717, 1.165) is 43.9 Å². The molecule has 1 saturated heterocycles. The van der Waals surface area contributed by atoms with Crippen LogP contribution in [0, 0.1) is 12.8 Å². The molecule has 2 heterocycles. The lowest BCUT2D eigenvalue weighted by molar-refractivity contribution is -0.136. The van der Waals surface area contributed by atoms with E-state index in [-0.39, 0.29) is 11.8 Å². The van der Waals surface area contributed by atoms with E-state index in [4.69, 9.17) is 0 Å². The molecule has 0 bridgehead atoms. The highest BCUT2D eigenvalue weighted by atomic mass is 16.2. The maximum Gasteiger partial charge on any atom is 0.227 e. The second kappa shape index (κ2) is 6.66. The number of nitrogens with one attached hydrogen (secondary N) is 1. The molecule has 0 aliphatic carbocycles. The summed E-state index contributed by atoms with van der Waals surface area (Å²) in [7, 11) is 0. The Morgan fingerprint density at radius 3 is 3.00 bits per heavy atom. The maximum atomic E-state index is 12.5. The second-order valence-electron chi connectivity index (χ2n) is 5.17. The van der Waals surface area contributed by atoms with E-state index < -0.39 is 0 Å². The highest BCUT2D eigenvalue weighted by Crippen LogP contribution is 2.15. The van der Waals surface area contributed by atoms with E-state index in [1.54, 1.807) is 0 Å². The molecule has 1 aliphatic heterocycles. The Kier molecular flexibility index (Phi) is 4.91. The van der Waals surface area contributed by atoms with Gasteiger partial charge in [0.15, 0.2) is 0 Å². The van der Waals surface area contributed by atoms with Crippen LogP contribution in [-0.2, 0) is 11.3 Å². The predicted molar refractivity (Wildman–Crippen MR) is 75.7 cm³/mol. The van der Waals surface area contributed by atoms with Crippen LogP contribution in [0.15, 0.2) is 18.2 Å². The van der Waals surface area contributed by atoms with Crippen molar-refractivity contribution >= 4 is 5.91 Å². The van der Waals surface area contributed by atoms with Gasteiger partial charge in [-0.3, -0.25) is 9.78 Å². The molecule has 1 aromatic rings. The molecule has 1 atom stereocenters. The summed E-state index contributed by atoms with van der Waals surface area (Å²) < 4.78 is 0. The molecule has 1 aliphatic rings. The molecule has 1 unspecified atom stereocenters. The highest BCUT2D eigenvalue weighted by Gasteiger charge is 2.25. The molecule has 1 aromatic heterocycles. The third kappa shape index (κ3) is 3.77. The molecule has 0 saturated carbocycles. The Morgan fingerprint density at radius 2 is 2.37 bits per heavy atom. The van der Waals surface area contributed by atoms with E-state index in [1.807, 2.05) is 36.9 Å². The quantitative estimate of drug-likeness (QED) is 0.898. The fourth-order valence-corrected chi connectivity index (χ4v) is 2.55. The zero-order chi connectivity index (χ0) is 13.7. The van der Waals surface area contributed by atoms with Crippen molar-refractivity contribution in [3.63, 3.8) is 0 Å². The number of rotatable bonds is 4.